The third-order valence-corrected chi connectivity index (χ3v) is 4.96. The van der Waals surface area contributed by atoms with Crippen LogP contribution in [0.2, 0.25) is 0 Å². The zero-order chi connectivity index (χ0) is 19.9. The molecular formula is C20H29N5O3. The molecule has 3 N–H and O–H groups in total. The number of benzene rings is 1. The number of aromatic nitrogens is 2. The lowest BCUT2D eigenvalue weighted by atomic mass is 10.1. The first-order chi connectivity index (χ1) is 13.6. The summed E-state index contributed by atoms with van der Waals surface area (Å²) in [4.78, 5) is 10.8. The molecule has 1 aliphatic rings. The van der Waals surface area contributed by atoms with E-state index in [9.17, 15) is 0 Å². The summed E-state index contributed by atoms with van der Waals surface area (Å²) in [6, 6.07) is 5.80. The molecule has 1 atom stereocenters. The lowest BCUT2D eigenvalue weighted by Crippen LogP contribution is -2.25. The van der Waals surface area contributed by atoms with Crippen LogP contribution in [0.15, 0.2) is 24.4 Å². The first-order valence-corrected chi connectivity index (χ1v) is 9.51. The van der Waals surface area contributed by atoms with E-state index < -0.39 is 0 Å². The Hall–Kier alpha value is -2.58. The molecule has 0 saturated carbocycles. The molecule has 2 aromatic rings. The van der Waals surface area contributed by atoms with Gasteiger partial charge in [-0.05, 0) is 30.5 Å². The quantitative estimate of drug-likeness (QED) is 0.633. The number of likely N-dealkylation sites (tertiary alicyclic amines) is 1. The smallest absolute Gasteiger partial charge is 0.221 e. The van der Waals surface area contributed by atoms with E-state index in [-0.39, 0.29) is 5.95 Å². The summed E-state index contributed by atoms with van der Waals surface area (Å²) in [7, 11) is 5.23. The summed E-state index contributed by atoms with van der Waals surface area (Å²) >= 11 is 0. The first-order valence-electron chi connectivity index (χ1n) is 9.51. The predicted molar refractivity (Wildman–Crippen MR) is 110 cm³/mol. The Labute approximate surface area is 166 Å². The number of nitrogens with two attached hydrogens (primary N) is 1. The number of nitrogens with one attached hydrogen (secondary N) is 1. The van der Waals surface area contributed by atoms with Crippen molar-refractivity contribution in [2.75, 3.05) is 58.6 Å². The van der Waals surface area contributed by atoms with Gasteiger partial charge in [0.05, 0.1) is 19.8 Å². The number of nitrogens with zero attached hydrogens (tertiary/aromatic N) is 3. The van der Waals surface area contributed by atoms with Gasteiger partial charge in [-0.25, -0.2) is 4.98 Å². The maximum atomic E-state index is 6.03. The first kappa shape index (κ1) is 20.2. The maximum absolute atomic E-state index is 6.03. The fraction of sp³-hybridized carbons (Fsp3) is 0.500. The fourth-order valence-corrected chi connectivity index (χ4v) is 3.42. The molecule has 8 nitrogen and oxygen atoms in total. The summed E-state index contributed by atoms with van der Waals surface area (Å²) in [6.07, 6.45) is 4.11. The number of ether oxygens (including phenoxy) is 3. The predicted octanol–water partition coefficient (Wildman–Crippen LogP) is 2.27. The minimum Gasteiger partial charge on any atom is -0.493 e. The summed E-state index contributed by atoms with van der Waals surface area (Å²) < 4.78 is 16.9. The molecule has 2 heterocycles. The van der Waals surface area contributed by atoms with E-state index in [1.807, 2.05) is 18.2 Å². The van der Waals surface area contributed by atoms with Gasteiger partial charge < -0.3 is 30.2 Å². The topological polar surface area (TPSA) is 94.8 Å². The van der Waals surface area contributed by atoms with E-state index >= 15 is 0 Å². The minimum atomic E-state index is 0.232. The number of methoxy groups -OCH3 is 2. The van der Waals surface area contributed by atoms with Crippen LogP contribution in [0.4, 0.5) is 11.8 Å². The van der Waals surface area contributed by atoms with Gasteiger partial charge in [0, 0.05) is 45.6 Å². The third kappa shape index (κ3) is 4.82. The van der Waals surface area contributed by atoms with Gasteiger partial charge >= 0.3 is 0 Å². The Kier molecular flexibility index (Phi) is 6.89. The molecule has 8 heteroatoms. The van der Waals surface area contributed by atoms with Crippen molar-refractivity contribution in [3.8, 4) is 22.6 Å². The van der Waals surface area contributed by atoms with Crippen LogP contribution in [-0.2, 0) is 4.74 Å². The van der Waals surface area contributed by atoms with Gasteiger partial charge in [0.25, 0.3) is 0 Å². The molecule has 1 saturated heterocycles. The van der Waals surface area contributed by atoms with E-state index in [1.54, 1.807) is 27.5 Å². The summed E-state index contributed by atoms with van der Waals surface area (Å²) in [5.74, 6) is 2.31. The zero-order valence-electron chi connectivity index (χ0n) is 16.8. The maximum Gasteiger partial charge on any atom is 0.221 e. The third-order valence-electron chi connectivity index (χ3n) is 4.96. The van der Waals surface area contributed by atoms with Crippen LogP contribution in [0.1, 0.15) is 12.8 Å². The Morgan fingerprint density at radius 1 is 1.29 bits per heavy atom. The van der Waals surface area contributed by atoms with Gasteiger partial charge in [-0.15, -0.1) is 0 Å². The number of rotatable bonds is 9. The van der Waals surface area contributed by atoms with Gasteiger partial charge in [-0.2, -0.15) is 4.98 Å². The molecule has 28 heavy (non-hydrogen) atoms. The Bertz CT molecular complexity index is 786. The molecule has 1 fully saturated rings. The molecule has 1 aromatic carbocycles. The van der Waals surface area contributed by atoms with Crippen LogP contribution in [0, 0.1) is 0 Å². The van der Waals surface area contributed by atoms with Crippen LogP contribution >= 0.6 is 0 Å². The van der Waals surface area contributed by atoms with E-state index in [1.165, 1.54) is 0 Å². The Morgan fingerprint density at radius 3 is 2.86 bits per heavy atom. The number of hydrogen-bond acceptors (Lipinski definition) is 8. The Balaban J connectivity index is 1.65. The van der Waals surface area contributed by atoms with Gasteiger partial charge in [-0.3, -0.25) is 0 Å². The second kappa shape index (κ2) is 9.57. The number of nitrogen functional groups attached to an aromatic ring is 1. The van der Waals surface area contributed by atoms with E-state index in [4.69, 9.17) is 19.9 Å². The van der Waals surface area contributed by atoms with Crippen molar-refractivity contribution >= 4 is 11.8 Å². The molecule has 3 rings (SSSR count). The van der Waals surface area contributed by atoms with E-state index in [2.05, 4.69) is 20.2 Å². The van der Waals surface area contributed by atoms with Crippen molar-refractivity contribution in [1.82, 2.24) is 14.9 Å². The molecule has 0 aliphatic carbocycles. The summed E-state index contributed by atoms with van der Waals surface area (Å²) in [5.41, 5.74) is 7.47. The summed E-state index contributed by atoms with van der Waals surface area (Å²) in [6.45, 7) is 3.70. The SMILES string of the molecule is CNc1nc(N)ncc1-c1ccc(OC)c(OCCCN2CCC(OC)C2)c1. The summed E-state index contributed by atoms with van der Waals surface area (Å²) in [5, 5.41) is 3.06. The van der Waals surface area contributed by atoms with Crippen molar-refractivity contribution in [3.63, 3.8) is 0 Å². The van der Waals surface area contributed by atoms with E-state index in [0.717, 1.165) is 43.6 Å². The molecule has 1 aliphatic heterocycles. The highest BCUT2D eigenvalue weighted by Crippen LogP contribution is 2.34. The van der Waals surface area contributed by atoms with Crippen molar-refractivity contribution in [3.05, 3.63) is 24.4 Å². The largest absolute Gasteiger partial charge is 0.493 e. The zero-order valence-corrected chi connectivity index (χ0v) is 16.8. The van der Waals surface area contributed by atoms with Crippen molar-refractivity contribution in [1.29, 1.82) is 0 Å². The molecule has 1 aromatic heterocycles. The van der Waals surface area contributed by atoms with Gasteiger partial charge in [0.15, 0.2) is 11.5 Å². The normalized spacial score (nSPS) is 16.9. The second-order valence-corrected chi connectivity index (χ2v) is 6.76. The highest BCUT2D eigenvalue weighted by Gasteiger charge is 2.21. The fourth-order valence-electron chi connectivity index (χ4n) is 3.42. The van der Waals surface area contributed by atoms with Crippen LogP contribution < -0.4 is 20.5 Å². The van der Waals surface area contributed by atoms with Crippen molar-refractivity contribution in [2.45, 2.75) is 18.9 Å². The highest BCUT2D eigenvalue weighted by molar-refractivity contribution is 5.76. The molecule has 0 radical (unpaired) electrons. The minimum absolute atomic E-state index is 0.232. The monoisotopic (exact) mass is 387 g/mol. The van der Waals surface area contributed by atoms with Gasteiger partial charge in [-0.1, -0.05) is 6.07 Å². The van der Waals surface area contributed by atoms with Crippen LogP contribution in [0.25, 0.3) is 11.1 Å². The standard InChI is InChI=1S/C20H29N5O3/c1-22-19-16(12-23-20(21)24-19)14-5-6-17(27-3)18(11-14)28-10-4-8-25-9-7-15(13-25)26-2/h5-6,11-12,15H,4,7-10,13H2,1-3H3,(H3,21,22,23,24). The average molecular weight is 387 g/mol. The van der Waals surface area contributed by atoms with Crippen LogP contribution in [0.5, 0.6) is 11.5 Å². The van der Waals surface area contributed by atoms with Crippen molar-refractivity contribution in [2.24, 2.45) is 0 Å². The van der Waals surface area contributed by atoms with Crippen molar-refractivity contribution < 1.29 is 14.2 Å². The lowest BCUT2D eigenvalue weighted by molar-refractivity contribution is 0.107. The van der Waals surface area contributed by atoms with E-state index in [0.29, 0.717) is 30.0 Å². The molecular weight excluding hydrogens is 358 g/mol. The van der Waals surface area contributed by atoms with Gasteiger partial charge in [0.2, 0.25) is 5.95 Å². The molecule has 0 spiro atoms. The molecule has 0 amide bonds. The number of hydrogen-bond donors (Lipinski definition) is 2. The molecule has 0 bridgehead atoms. The Morgan fingerprint density at radius 2 is 2.14 bits per heavy atom. The van der Waals surface area contributed by atoms with Gasteiger partial charge in [0.1, 0.15) is 5.82 Å². The lowest BCUT2D eigenvalue weighted by Gasteiger charge is -2.17. The molecule has 1 unspecified atom stereocenters. The second-order valence-electron chi connectivity index (χ2n) is 6.76. The molecule has 152 valence electrons. The van der Waals surface area contributed by atoms with Crippen LogP contribution in [-0.4, -0.2) is 68.5 Å². The van der Waals surface area contributed by atoms with Crippen LogP contribution in [0.3, 0.4) is 0 Å². The average Bonchev–Trinajstić information content (AvgIpc) is 3.19. The number of anilines is 2. The highest BCUT2D eigenvalue weighted by atomic mass is 16.5.